The first-order valence-electron chi connectivity index (χ1n) is 6.84. The van der Waals surface area contributed by atoms with E-state index in [9.17, 15) is 9.59 Å². The van der Waals surface area contributed by atoms with Crippen LogP contribution in [-0.2, 0) is 9.59 Å². The Labute approximate surface area is 125 Å². The highest BCUT2D eigenvalue weighted by Gasteiger charge is 2.12. The second-order valence-electron chi connectivity index (χ2n) is 5.03. The standard InChI is InChI=1S/C16H22N2O3/c1-4-8-18(9-7-16(20)21)11-15(19)17-14-10-12(2)5-6-13(14)3/h4-6,10H,1,7-9,11H2,2-3H3,(H,17,19)(H,20,21). The molecule has 0 spiro atoms. The molecule has 0 aromatic heterocycles. The van der Waals surface area contributed by atoms with Crippen LogP contribution in [0.3, 0.4) is 0 Å². The van der Waals surface area contributed by atoms with Crippen LogP contribution >= 0.6 is 0 Å². The highest BCUT2D eigenvalue weighted by molar-refractivity contribution is 5.93. The minimum absolute atomic E-state index is 0.00456. The molecule has 1 rings (SSSR count). The van der Waals surface area contributed by atoms with Crippen LogP contribution in [0.5, 0.6) is 0 Å². The second-order valence-corrected chi connectivity index (χ2v) is 5.03. The number of nitrogens with one attached hydrogen (secondary N) is 1. The van der Waals surface area contributed by atoms with Gasteiger partial charge in [0.25, 0.3) is 0 Å². The smallest absolute Gasteiger partial charge is 0.304 e. The van der Waals surface area contributed by atoms with Gasteiger partial charge in [-0.2, -0.15) is 0 Å². The number of nitrogens with zero attached hydrogens (tertiary/aromatic N) is 1. The molecule has 0 aliphatic carbocycles. The Kier molecular flexibility index (Phi) is 6.62. The number of carboxylic acids is 1. The molecule has 0 fully saturated rings. The summed E-state index contributed by atoms with van der Waals surface area (Å²) in [7, 11) is 0. The number of rotatable bonds is 8. The largest absolute Gasteiger partial charge is 0.481 e. The van der Waals surface area contributed by atoms with Crippen molar-refractivity contribution in [3.63, 3.8) is 0 Å². The Morgan fingerprint density at radius 1 is 1.38 bits per heavy atom. The molecule has 5 nitrogen and oxygen atoms in total. The van der Waals surface area contributed by atoms with Gasteiger partial charge in [-0.15, -0.1) is 6.58 Å². The molecule has 0 atom stereocenters. The summed E-state index contributed by atoms with van der Waals surface area (Å²) in [6, 6.07) is 5.86. The number of hydrogen-bond donors (Lipinski definition) is 2. The highest BCUT2D eigenvalue weighted by Crippen LogP contribution is 2.16. The lowest BCUT2D eigenvalue weighted by molar-refractivity contribution is -0.137. The molecule has 0 unspecified atom stereocenters. The van der Waals surface area contributed by atoms with Crippen molar-refractivity contribution in [3.8, 4) is 0 Å². The SMILES string of the molecule is C=CCN(CCC(=O)O)CC(=O)Nc1cc(C)ccc1C. The molecule has 0 saturated heterocycles. The van der Waals surface area contributed by atoms with Gasteiger partial charge in [0.2, 0.25) is 5.91 Å². The first-order valence-corrected chi connectivity index (χ1v) is 6.84. The molecular weight excluding hydrogens is 268 g/mol. The van der Waals surface area contributed by atoms with Gasteiger partial charge in [0.1, 0.15) is 0 Å². The van der Waals surface area contributed by atoms with Gasteiger partial charge in [-0.05, 0) is 31.0 Å². The first kappa shape index (κ1) is 16.9. The van der Waals surface area contributed by atoms with Gasteiger partial charge in [0.15, 0.2) is 0 Å². The Bertz CT molecular complexity index is 526. The van der Waals surface area contributed by atoms with E-state index < -0.39 is 5.97 Å². The van der Waals surface area contributed by atoms with E-state index in [0.29, 0.717) is 13.1 Å². The summed E-state index contributed by atoms with van der Waals surface area (Å²) < 4.78 is 0. The third-order valence-electron chi connectivity index (χ3n) is 3.06. The van der Waals surface area contributed by atoms with Crippen LogP contribution < -0.4 is 5.32 Å². The van der Waals surface area contributed by atoms with E-state index in [1.54, 1.807) is 11.0 Å². The van der Waals surface area contributed by atoms with Gasteiger partial charge >= 0.3 is 5.97 Å². The molecule has 21 heavy (non-hydrogen) atoms. The molecule has 0 saturated carbocycles. The Balaban J connectivity index is 2.62. The summed E-state index contributed by atoms with van der Waals surface area (Å²) in [5.41, 5.74) is 2.86. The minimum Gasteiger partial charge on any atom is -0.481 e. The van der Waals surface area contributed by atoms with E-state index in [4.69, 9.17) is 5.11 Å². The summed E-state index contributed by atoms with van der Waals surface area (Å²) in [6.07, 6.45) is 1.66. The van der Waals surface area contributed by atoms with Crippen LogP contribution in [0.25, 0.3) is 0 Å². The van der Waals surface area contributed by atoms with Crippen LogP contribution in [-0.4, -0.2) is 41.5 Å². The van der Waals surface area contributed by atoms with Crippen molar-refractivity contribution in [2.24, 2.45) is 0 Å². The number of amides is 1. The fourth-order valence-corrected chi connectivity index (χ4v) is 1.93. The van der Waals surface area contributed by atoms with Crippen molar-refractivity contribution in [2.45, 2.75) is 20.3 Å². The van der Waals surface area contributed by atoms with E-state index >= 15 is 0 Å². The second kappa shape index (κ2) is 8.21. The van der Waals surface area contributed by atoms with Crippen molar-refractivity contribution >= 4 is 17.6 Å². The van der Waals surface area contributed by atoms with Crippen molar-refractivity contribution < 1.29 is 14.7 Å². The van der Waals surface area contributed by atoms with E-state index in [2.05, 4.69) is 11.9 Å². The molecule has 0 aliphatic rings. The fourth-order valence-electron chi connectivity index (χ4n) is 1.93. The van der Waals surface area contributed by atoms with Crippen LogP contribution in [0.2, 0.25) is 0 Å². The molecule has 0 radical (unpaired) electrons. The molecule has 0 heterocycles. The summed E-state index contributed by atoms with van der Waals surface area (Å²) in [5.74, 6) is -1.03. The Morgan fingerprint density at radius 3 is 2.71 bits per heavy atom. The van der Waals surface area contributed by atoms with Crippen LogP contribution in [0.4, 0.5) is 5.69 Å². The lowest BCUT2D eigenvalue weighted by Gasteiger charge is -2.19. The zero-order valence-electron chi connectivity index (χ0n) is 12.6. The Morgan fingerprint density at radius 2 is 2.10 bits per heavy atom. The predicted molar refractivity (Wildman–Crippen MR) is 83.4 cm³/mol. The molecular formula is C16H22N2O3. The van der Waals surface area contributed by atoms with E-state index in [0.717, 1.165) is 16.8 Å². The van der Waals surface area contributed by atoms with Gasteiger partial charge in [-0.25, -0.2) is 0 Å². The summed E-state index contributed by atoms with van der Waals surface area (Å²) in [4.78, 5) is 24.4. The number of benzene rings is 1. The third-order valence-corrected chi connectivity index (χ3v) is 3.06. The van der Waals surface area contributed by atoms with E-state index in [-0.39, 0.29) is 18.9 Å². The normalized spacial score (nSPS) is 10.4. The molecule has 114 valence electrons. The van der Waals surface area contributed by atoms with Crippen molar-refractivity contribution in [2.75, 3.05) is 25.0 Å². The third kappa shape index (κ3) is 6.23. The van der Waals surface area contributed by atoms with Gasteiger partial charge in [-0.3, -0.25) is 14.5 Å². The zero-order valence-corrected chi connectivity index (χ0v) is 12.6. The summed E-state index contributed by atoms with van der Waals surface area (Å²) in [6.45, 7) is 8.47. The van der Waals surface area contributed by atoms with E-state index in [1.807, 2.05) is 32.0 Å². The number of carbonyl (C=O) groups is 2. The van der Waals surface area contributed by atoms with Gasteiger partial charge in [-0.1, -0.05) is 18.2 Å². The summed E-state index contributed by atoms with van der Waals surface area (Å²) in [5, 5.41) is 11.6. The van der Waals surface area contributed by atoms with Gasteiger partial charge < -0.3 is 10.4 Å². The number of carbonyl (C=O) groups excluding carboxylic acids is 1. The van der Waals surface area contributed by atoms with Gasteiger partial charge in [0.05, 0.1) is 13.0 Å². The fraction of sp³-hybridized carbons (Fsp3) is 0.375. The molecule has 1 aromatic rings. The predicted octanol–water partition coefficient (Wildman–Crippen LogP) is 2.20. The number of aliphatic carboxylic acids is 1. The maximum atomic E-state index is 12.1. The van der Waals surface area contributed by atoms with Gasteiger partial charge in [0, 0.05) is 18.8 Å². The number of carboxylic acid groups (broad SMARTS) is 1. The molecule has 1 amide bonds. The monoisotopic (exact) mass is 290 g/mol. The maximum absolute atomic E-state index is 12.1. The average Bonchev–Trinajstić information content (AvgIpc) is 2.40. The number of hydrogen-bond acceptors (Lipinski definition) is 3. The Hall–Kier alpha value is -2.14. The number of anilines is 1. The minimum atomic E-state index is -0.876. The summed E-state index contributed by atoms with van der Waals surface area (Å²) >= 11 is 0. The lowest BCUT2D eigenvalue weighted by Crippen LogP contribution is -2.35. The molecule has 5 heteroatoms. The number of aryl methyl sites for hydroxylation is 2. The quantitative estimate of drug-likeness (QED) is 0.720. The van der Waals surface area contributed by atoms with Crippen LogP contribution in [0.15, 0.2) is 30.9 Å². The van der Waals surface area contributed by atoms with Crippen LogP contribution in [0.1, 0.15) is 17.5 Å². The van der Waals surface area contributed by atoms with E-state index in [1.165, 1.54) is 0 Å². The molecule has 2 N–H and O–H groups in total. The maximum Gasteiger partial charge on any atom is 0.304 e. The first-order chi connectivity index (χ1) is 9.92. The van der Waals surface area contributed by atoms with Crippen molar-refractivity contribution in [1.82, 2.24) is 4.90 Å². The topological polar surface area (TPSA) is 69.6 Å². The van der Waals surface area contributed by atoms with Crippen molar-refractivity contribution in [1.29, 1.82) is 0 Å². The zero-order chi connectivity index (χ0) is 15.8. The van der Waals surface area contributed by atoms with Crippen LogP contribution in [0, 0.1) is 13.8 Å². The molecule has 0 bridgehead atoms. The lowest BCUT2D eigenvalue weighted by atomic mass is 10.1. The molecule has 0 aliphatic heterocycles. The average molecular weight is 290 g/mol. The molecule has 1 aromatic carbocycles. The van der Waals surface area contributed by atoms with Crippen molar-refractivity contribution in [3.05, 3.63) is 42.0 Å². The highest BCUT2D eigenvalue weighted by atomic mass is 16.4.